The minimum atomic E-state index is -0.853. The summed E-state index contributed by atoms with van der Waals surface area (Å²) >= 11 is 0. The molecule has 0 aromatic carbocycles. The van der Waals surface area contributed by atoms with Crippen molar-refractivity contribution in [2.45, 2.75) is 25.8 Å². The zero-order chi connectivity index (χ0) is 8.43. The second kappa shape index (κ2) is 2.90. The molecule has 4 nitrogen and oxygen atoms in total. The first-order valence-corrected chi connectivity index (χ1v) is 3.67. The Kier molecular flexibility index (Phi) is 2.12. The molecule has 0 aliphatic carbocycles. The van der Waals surface area contributed by atoms with Gasteiger partial charge in [0.25, 0.3) is 0 Å². The normalized spacial score (nSPS) is 29.0. The molecule has 1 aliphatic heterocycles. The van der Waals surface area contributed by atoms with Gasteiger partial charge in [-0.3, -0.25) is 9.59 Å². The monoisotopic (exact) mass is 157 g/mol. The molecule has 1 aliphatic rings. The molecule has 1 rings (SSSR count). The number of rotatable bonds is 3. The molecule has 0 aromatic heterocycles. The Bertz CT molecular complexity index is 190. The Morgan fingerprint density at radius 1 is 1.73 bits per heavy atom. The molecule has 2 atom stereocenters. The zero-order valence-electron chi connectivity index (χ0n) is 6.33. The second-order valence-electron chi connectivity index (χ2n) is 2.73. The van der Waals surface area contributed by atoms with Gasteiger partial charge in [0.2, 0.25) is 5.91 Å². The second-order valence-corrected chi connectivity index (χ2v) is 2.73. The van der Waals surface area contributed by atoms with E-state index in [0.717, 1.165) is 6.42 Å². The summed E-state index contributed by atoms with van der Waals surface area (Å²) in [5.74, 6) is -0.946. The average Bonchev–Trinajstić information content (AvgIpc) is 1.86. The predicted molar refractivity (Wildman–Crippen MR) is 38.0 cm³/mol. The zero-order valence-corrected chi connectivity index (χ0v) is 6.33. The quantitative estimate of drug-likeness (QED) is 0.566. The van der Waals surface area contributed by atoms with Crippen LogP contribution in [-0.2, 0) is 9.59 Å². The molecule has 4 heteroatoms. The fourth-order valence-corrected chi connectivity index (χ4v) is 1.33. The van der Waals surface area contributed by atoms with Gasteiger partial charge in [-0.1, -0.05) is 6.92 Å². The topological polar surface area (TPSA) is 66.4 Å². The molecule has 11 heavy (non-hydrogen) atoms. The molecule has 1 fully saturated rings. The van der Waals surface area contributed by atoms with E-state index in [1.165, 1.54) is 0 Å². The van der Waals surface area contributed by atoms with Crippen LogP contribution in [0.15, 0.2) is 0 Å². The van der Waals surface area contributed by atoms with Gasteiger partial charge < -0.3 is 10.4 Å². The summed E-state index contributed by atoms with van der Waals surface area (Å²) in [6.45, 7) is 1.89. The van der Waals surface area contributed by atoms with Crippen LogP contribution in [0.5, 0.6) is 0 Å². The molecule has 0 bridgehead atoms. The lowest BCUT2D eigenvalue weighted by Crippen LogP contribution is -2.58. The summed E-state index contributed by atoms with van der Waals surface area (Å²) in [6.07, 6.45) is 0.772. The molecule has 1 amide bonds. The molecule has 0 spiro atoms. The van der Waals surface area contributed by atoms with E-state index >= 15 is 0 Å². The van der Waals surface area contributed by atoms with Gasteiger partial charge in [0.15, 0.2) is 0 Å². The molecular formula is C7H11NO3. The van der Waals surface area contributed by atoms with Crippen molar-refractivity contribution in [2.75, 3.05) is 0 Å². The van der Waals surface area contributed by atoms with Crippen LogP contribution in [0.1, 0.15) is 19.8 Å². The largest absolute Gasteiger partial charge is 0.481 e. The highest BCUT2D eigenvalue weighted by molar-refractivity contribution is 5.87. The highest BCUT2D eigenvalue weighted by Gasteiger charge is 2.38. The van der Waals surface area contributed by atoms with Crippen LogP contribution in [0.3, 0.4) is 0 Å². The maximum absolute atomic E-state index is 10.7. The minimum Gasteiger partial charge on any atom is -0.481 e. The summed E-state index contributed by atoms with van der Waals surface area (Å²) < 4.78 is 0. The summed E-state index contributed by atoms with van der Waals surface area (Å²) in [5, 5.41) is 11.0. The van der Waals surface area contributed by atoms with E-state index in [-0.39, 0.29) is 24.3 Å². The van der Waals surface area contributed by atoms with E-state index < -0.39 is 5.97 Å². The van der Waals surface area contributed by atoms with Crippen LogP contribution in [0.25, 0.3) is 0 Å². The number of carboxylic acids is 1. The first kappa shape index (κ1) is 8.04. The van der Waals surface area contributed by atoms with Crippen LogP contribution >= 0.6 is 0 Å². The van der Waals surface area contributed by atoms with Crippen molar-refractivity contribution in [3.63, 3.8) is 0 Å². The number of amides is 1. The Morgan fingerprint density at radius 2 is 2.36 bits per heavy atom. The standard InChI is InChI=1S/C7H11NO3/c1-2-4-5(3-6(9)10)8-7(4)11/h4-5H,2-3H2,1H3,(H,8,11)(H,9,10)/t4-,5-/m1/s1. The summed E-state index contributed by atoms with van der Waals surface area (Å²) in [5.41, 5.74) is 0. The SMILES string of the molecule is CC[C@H]1C(=O)N[C@@H]1CC(=O)O. The Labute approximate surface area is 64.6 Å². The van der Waals surface area contributed by atoms with Crippen molar-refractivity contribution in [2.24, 2.45) is 5.92 Å². The number of carboxylic acid groups (broad SMARTS) is 1. The first-order chi connectivity index (χ1) is 5.15. The first-order valence-electron chi connectivity index (χ1n) is 3.67. The van der Waals surface area contributed by atoms with Gasteiger partial charge >= 0.3 is 5.97 Å². The smallest absolute Gasteiger partial charge is 0.305 e. The Balaban J connectivity index is 2.38. The van der Waals surface area contributed by atoms with Gasteiger partial charge in [-0.15, -0.1) is 0 Å². The minimum absolute atomic E-state index is 0.0150. The number of carbonyl (C=O) groups is 2. The van der Waals surface area contributed by atoms with Crippen molar-refractivity contribution < 1.29 is 14.7 Å². The molecule has 62 valence electrons. The van der Waals surface area contributed by atoms with Gasteiger partial charge in [-0.2, -0.15) is 0 Å². The van der Waals surface area contributed by atoms with Gasteiger partial charge in [-0.25, -0.2) is 0 Å². The fraction of sp³-hybridized carbons (Fsp3) is 0.714. The summed E-state index contributed by atoms with van der Waals surface area (Å²) in [4.78, 5) is 21.0. The van der Waals surface area contributed by atoms with E-state index in [1.807, 2.05) is 6.92 Å². The highest BCUT2D eigenvalue weighted by atomic mass is 16.4. The maximum Gasteiger partial charge on any atom is 0.305 e. The molecule has 2 N–H and O–H groups in total. The highest BCUT2D eigenvalue weighted by Crippen LogP contribution is 2.20. The average molecular weight is 157 g/mol. The van der Waals surface area contributed by atoms with Gasteiger partial charge in [0, 0.05) is 0 Å². The van der Waals surface area contributed by atoms with Crippen LogP contribution in [0.2, 0.25) is 0 Å². The molecular weight excluding hydrogens is 146 g/mol. The van der Waals surface area contributed by atoms with Crippen LogP contribution in [0, 0.1) is 5.92 Å². The number of carbonyl (C=O) groups excluding carboxylic acids is 1. The Morgan fingerprint density at radius 3 is 2.73 bits per heavy atom. The number of hydrogen-bond acceptors (Lipinski definition) is 2. The summed E-state index contributed by atoms with van der Waals surface area (Å²) in [6, 6.07) is -0.134. The van der Waals surface area contributed by atoms with Crippen molar-refractivity contribution in [1.29, 1.82) is 0 Å². The third kappa shape index (κ3) is 1.50. The number of aliphatic carboxylic acids is 1. The number of hydrogen-bond donors (Lipinski definition) is 2. The van der Waals surface area contributed by atoms with Crippen LogP contribution < -0.4 is 5.32 Å². The van der Waals surface area contributed by atoms with Gasteiger partial charge in [0.05, 0.1) is 18.4 Å². The molecule has 1 heterocycles. The van der Waals surface area contributed by atoms with E-state index in [4.69, 9.17) is 5.11 Å². The van der Waals surface area contributed by atoms with E-state index in [9.17, 15) is 9.59 Å². The lowest BCUT2D eigenvalue weighted by molar-refractivity contribution is -0.142. The van der Waals surface area contributed by atoms with Crippen molar-refractivity contribution in [1.82, 2.24) is 5.32 Å². The molecule has 0 aromatic rings. The van der Waals surface area contributed by atoms with E-state index in [0.29, 0.717) is 0 Å². The van der Waals surface area contributed by atoms with Gasteiger partial charge in [0.1, 0.15) is 0 Å². The van der Waals surface area contributed by atoms with Crippen LogP contribution in [0.4, 0.5) is 0 Å². The summed E-state index contributed by atoms with van der Waals surface area (Å²) in [7, 11) is 0. The van der Waals surface area contributed by atoms with Crippen molar-refractivity contribution in [3.8, 4) is 0 Å². The molecule has 0 unspecified atom stereocenters. The maximum atomic E-state index is 10.7. The molecule has 0 radical (unpaired) electrons. The van der Waals surface area contributed by atoms with Crippen molar-refractivity contribution in [3.05, 3.63) is 0 Å². The number of β-lactam (4-membered cyclic amide) rings is 1. The molecule has 0 saturated carbocycles. The third-order valence-electron chi connectivity index (χ3n) is 1.98. The van der Waals surface area contributed by atoms with Gasteiger partial charge in [-0.05, 0) is 6.42 Å². The molecule has 1 saturated heterocycles. The predicted octanol–water partition coefficient (Wildman–Crippen LogP) is -0.0143. The van der Waals surface area contributed by atoms with Crippen LogP contribution in [-0.4, -0.2) is 23.0 Å². The van der Waals surface area contributed by atoms with E-state index in [1.54, 1.807) is 0 Å². The third-order valence-corrected chi connectivity index (χ3v) is 1.98. The number of nitrogens with one attached hydrogen (secondary N) is 1. The van der Waals surface area contributed by atoms with Crippen molar-refractivity contribution >= 4 is 11.9 Å². The van der Waals surface area contributed by atoms with E-state index in [2.05, 4.69) is 5.32 Å². The lowest BCUT2D eigenvalue weighted by atomic mass is 9.86. The fourth-order valence-electron chi connectivity index (χ4n) is 1.33. The Hall–Kier alpha value is -1.06. The lowest BCUT2D eigenvalue weighted by Gasteiger charge is -2.35.